The van der Waals surface area contributed by atoms with Crippen LogP contribution in [0.2, 0.25) is 0 Å². The van der Waals surface area contributed by atoms with E-state index in [-0.39, 0.29) is 30.1 Å². The Kier molecular flexibility index (Phi) is 5.81. The van der Waals surface area contributed by atoms with Crippen LogP contribution in [-0.2, 0) is 4.79 Å². The highest BCUT2D eigenvalue weighted by Gasteiger charge is 2.35. The zero-order valence-corrected chi connectivity index (χ0v) is 16.0. The van der Waals surface area contributed by atoms with Gasteiger partial charge in [-0.25, -0.2) is 4.79 Å². The number of carbonyl (C=O) groups excluding carboxylic acids is 2. The molecule has 2 aliphatic rings. The quantitative estimate of drug-likeness (QED) is 0.897. The van der Waals surface area contributed by atoms with Crippen molar-refractivity contribution >= 4 is 11.9 Å². The Bertz CT molecular complexity index is 628. The number of hydrogen-bond acceptors (Lipinski definition) is 3. The van der Waals surface area contributed by atoms with Crippen LogP contribution in [-0.4, -0.2) is 72.5 Å². The Balaban J connectivity index is 1.54. The number of rotatable bonds is 4. The second-order valence-corrected chi connectivity index (χ2v) is 7.63. The Labute approximate surface area is 156 Å². The molecule has 0 aromatic heterocycles. The molecule has 2 fully saturated rings. The fourth-order valence-electron chi connectivity index (χ4n) is 3.94. The minimum atomic E-state index is -0.116. The van der Waals surface area contributed by atoms with Gasteiger partial charge in [0.05, 0.1) is 12.1 Å². The van der Waals surface area contributed by atoms with Crippen molar-refractivity contribution in [1.82, 2.24) is 20.0 Å². The Morgan fingerprint density at radius 2 is 1.88 bits per heavy atom. The first-order valence-corrected chi connectivity index (χ1v) is 9.52. The molecule has 1 N–H and O–H groups in total. The zero-order chi connectivity index (χ0) is 18.7. The van der Waals surface area contributed by atoms with Crippen LogP contribution in [0.4, 0.5) is 4.79 Å². The molecule has 142 valence electrons. The van der Waals surface area contributed by atoms with Gasteiger partial charge in [0.25, 0.3) is 0 Å². The normalized spacial score (nSPS) is 23.1. The Morgan fingerprint density at radius 1 is 1.23 bits per heavy atom. The van der Waals surface area contributed by atoms with E-state index >= 15 is 0 Å². The number of nitrogens with one attached hydrogen (secondary N) is 1. The number of carbonyl (C=O) groups is 2. The van der Waals surface area contributed by atoms with E-state index in [1.165, 1.54) is 0 Å². The maximum atomic E-state index is 12.6. The number of likely N-dealkylation sites (tertiary alicyclic amines) is 2. The fraction of sp³-hybridized carbons (Fsp3) is 0.600. The number of hydrogen-bond donors (Lipinski definition) is 1. The summed E-state index contributed by atoms with van der Waals surface area (Å²) in [7, 11) is 3.98. The van der Waals surface area contributed by atoms with E-state index in [0.29, 0.717) is 13.0 Å². The molecule has 1 aromatic carbocycles. The summed E-state index contributed by atoms with van der Waals surface area (Å²) in [5.74, 6) is 0.105. The van der Waals surface area contributed by atoms with Gasteiger partial charge in [-0.2, -0.15) is 0 Å². The number of amides is 3. The highest BCUT2D eigenvalue weighted by Crippen LogP contribution is 2.25. The lowest BCUT2D eigenvalue weighted by atomic mass is 10.0. The van der Waals surface area contributed by atoms with E-state index in [1.807, 2.05) is 54.1 Å². The zero-order valence-electron chi connectivity index (χ0n) is 16.0. The number of piperidine rings is 1. The predicted molar refractivity (Wildman–Crippen MR) is 102 cm³/mol. The van der Waals surface area contributed by atoms with E-state index in [2.05, 4.69) is 17.3 Å². The summed E-state index contributed by atoms with van der Waals surface area (Å²) in [5, 5.41) is 3.06. The van der Waals surface area contributed by atoms with Gasteiger partial charge in [0.1, 0.15) is 0 Å². The van der Waals surface area contributed by atoms with Crippen molar-refractivity contribution in [2.24, 2.45) is 0 Å². The molecule has 3 rings (SSSR count). The number of benzene rings is 1. The van der Waals surface area contributed by atoms with E-state index < -0.39 is 0 Å². The van der Waals surface area contributed by atoms with Crippen molar-refractivity contribution in [3.05, 3.63) is 35.9 Å². The van der Waals surface area contributed by atoms with Crippen LogP contribution in [0.1, 0.15) is 37.8 Å². The summed E-state index contributed by atoms with van der Waals surface area (Å²) < 4.78 is 0. The van der Waals surface area contributed by atoms with Crippen molar-refractivity contribution < 1.29 is 9.59 Å². The fourth-order valence-corrected chi connectivity index (χ4v) is 3.94. The maximum absolute atomic E-state index is 12.6. The predicted octanol–water partition coefficient (Wildman–Crippen LogP) is 2.08. The number of nitrogens with zero attached hydrogens (tertiary/aromatic N) is 3. The van der Waals surface area contributed by atoms with Gasteiger partial charge in [-0.3, -0.25) is 4.79 Å². The SMILES string of the molecule is CC(c1ccccc1)N1CC(NC(=O)N(C)C2CCN(C)CC2)CC1=O. The van der Waals surface area contributed by atoms with Crippen molar-refractivity contribution in [3.8, 4) is 0 Å². The molecule has 2 aliphatic heterocycles. The first-order chi connectivity index (χ1) is 12.5. The van der Waals surface area contributed by atoms with Crippen LogP contribution in [0.25, 0.3) is 0 Å². The van der Waals surface area contributed by atoms with Gasteiger partial charge >= 0.3 is 6.03 Å². The third kappa shape index (κ3) is 4.18. The molecule has 0 bridgehead atoms. The topological polar surface area (TPSA) is 55.9 Å². The van der Waals surface area contributed by atoms with Gasteiger partial charge in [0, 0.05) is 26.1 Å². The summed E-state index contributed by atoms with van der Waals surface area (Å²) in [4.78, 5) is 31.0. The standard InChI is InChI=1S/C20H30N4O2/c1-15(16-7-5-4-6-8-16)24-14-17(13-19(24)25)21-20(26)23(3)18-9-11-22(2)12-10-18/h4-8,15,17-18H,9-14H2,1-3H3,(H,21,26). The second kappa shape index (κ2) is 8.08. The summed E-state index contributed by atoms with van der Waals surface area (Å²) in [5.41, 5.74) is 1.12. The van der Waals surface area contributed by atoms with Crippen LogP contribution in [0.3, 0.4) is 0 Å². The lowest BCUT2D eigenvalue weighted by molar-refractivity contribution is -0.129. The molecular weight excluding hydrogens is 328 g/mol. The largest absolute Gasteiger partial charge is 0.334 e. The van der Waals surface area contributed by atoms with Crippen LogP contribution in [0, 0.1) is 0 Å². The summed E-state index contributed by atoms with van der Waals surface area (Å²) in [6, 6.07) is 10.2. The smallest absolute Gasteiger partial charge is 0.317 e. The van der Waals surface area contributed by atoms with Crippen molar-refractivity contribution in [2.45, 2.75) is 44.3 Å². The molecule has 6 heteroatoms. The lowest BCUT2D eigenvalue weighted by Gasteiger charge is -2.35. The highest BCUT2D eigenvalue weighted by molar-refractivity contribution is 5.82. The van der Waals surface area contributed by atoms with Crippen molar-refractivity contribution in [3.63, 3.8) is 0 Å². The molecule has 0 radical (unpaired) electrons. The molecule has 0 saturated carbocycles. The molecule has 3 amide bonds. The monoisotopic (exact) mass is 358 g/mol. The van der Waals surface area contributed by atoms with Gasteiger partial charge in [0.15, 0.2) is 0 Å². The molecule has 2 heterocycles. The van der Waals surface area contributed by atoms with E-state index in [4.69, 9.17) is 0 Å². The van der Waals surface area contributed by atoms with Crippen LogP contribution in [0.15, 0.2) is 30.3 Å². The molecule has 0 spiro atoms. The van der Waals surface area contributed by atoms with Crippen LogP contribution >= 0.6 is 0 Å². The third-order valence-corrected chi connectivity index (χ3v) is 5.79. The van der Waals surface area contributed by atoms with Gasteiger partial charge in [0.2, 0.25) is 5.91 Å². The Hall–Kier alpha value is -2.08. The second-order valence-electron chi connectivity index (χ2n) is 7.63. The third-order valence-electron chi connectivity index (χ3n) is 5.79. The van der Waals surface area contributed by atoms with Gasteiger partial charge < -0.3 is 20.0 Å². The lowest BCUT2D eigenvalue weighted by Crippen LogP contribution is -2.50. The molecule has 2 atom stereocenters. The highest BCUT2D eigenvalue weighted by atomic mass is 16.2. The molecule has 2 saturated heterocycles. The van der Waals surface area contributed by atoms with Crippen molar-refractivity contribution in [2.75, 3.05) is 33.7 Å². The minimum Gasteiger partial charge on any atom is -0.334 e. The van der Waals surface area contributed by atoms with Gasteiger partial charge in [-0.05, 0) is 45.5 Å². The first-order valence-electron chi connectivity index (χ1n) is 9.52. The average Bonchev–Trinajstić information content (AvgIpc) is 3.02. The maximum Gasteiger partial charge on any atom is 0.317 e. The molecule has 6 nitrogen and oxygen atoms in total. The summed E-state index contributed by atoms with van der Waals surface area (Å²) in [6.07, 6.45) is 2.38. The number of urea groups is 1. The molecule has 2 unspecified atom stereocenters. The van der Waals surface area contributed by atoms with Crippen LogP contribution in [0.5, 0.6) is 0 Å². The first kappa shape index (κ1) is 18.7. The summed E-state index contributed by atoms with van der Waals surface area (Å²) in [6.45, 7) is 4.66. The van der Waals surface area contributed by atoms with E-state index in [9.17, 15) is 9.59 Å². The van der Waals surface area contributed by atoms with Crippen LogP contribution < -0.4 is 5.32 Å². The molecule has 1 aromatic rings. The van der Waals surface area contributed by atoms with E-state index in [1.54, 1.807) is 0 Å². The van der Waals surface area contributed by atoms with E-state index in [0.717, 1.165) is 31.5 Å². The minimum absolute atomic E-state index is 0.0252. The van der Waals surface area contributed by atoms with Gasteiger partial charge in [-0.1, -0.05) is 30.3 Å². The summed E-state index contributed by atoms with van der Waals surface area (Å²) >= 11 is 0. The van der Waals surface area contributed by atoms with Gasteiger partial charge in [-0.15, -0.1) is 0 Å². The average molecular weight is 358 g/mol. The van der Waals surface area contributed by atoms with Crippen molar-refractivity contribution in [1.29, 1.82) is 0 Å². The Morgan fingerprint density at radius 3 is 2.54 bits per heavy atom. The molecule has 0 aliphatic carbocycles. The molecular formula is C20H30N4O2. The molecule has 26 heavy (non-hydrogen) atoms.